The number of fused-ring (bicyclic) bond motifs is 8. The zero-order valence-corrected chi connectivity index (χ0v) is 29.9. The molecule has 0 aliphatic rings. The van der Waals surface area contributed by atoms with Crippen molar-refractivity contribution in [1.29, 1.82) is 0 Å². The highest BCUT2D eigenvalue weighted by Gasteiger charge is 2.20. The number of anilines is 3. The number of hydrogen-bond acceptors (Lipinski definition) is 2. The van der Waals surface area contributed by atoms with Gasteiger partial charge < -0.3 is 13.9 Å². The second kappa shape index (κ2) is 12.6. The molecule has 2 aromatic heterocycles. The average Bonchev–Trinajstić information content (AvgIpc) is 3.81. The smallest absolute Gasteiger partial charge is 0.136 e. The standard InChI is InChI=1S/C52H34N2O/c1-2-11-35(12-3-1)36-21-28-40(29-22-36)53(48-19-10-13-39-27-34-50-52(51(39)48)45-16-6-9-20-49(45)55-50)41-30-23-37(24-31-41)38-25-32-42(33-26-38)54-46-17-7-4-14-43(46)44-15-5-8-18-47(44)54/h1-34H. The number of furan rings is 1. The molecule has 0 saturated heterocycles. The Hall–Kier alpha value is -7.36. The predicted octanol–water partition coefficient (Wildman–Crippen LogP) is 14.6. The normalized spacial score (nSPS) is 11.6. The maximum absolute atomic E-state index is 6.39. The van der Waals surface area contributed by atoms with Gasteiger partial charge in [0.2, 0.25) is 0 Å². The molecule has 0 spiro atoms. The molecule has 0 aliphatic carbocycles. The van der Waals surface area contributed by atoms with Crippen molar-refractivity contribution < 1.29 is 4.42 Å². The van der Waals surface area contributed by atoms with Gasteiger partial charge in [0.1, 0.15) is 11.2 Å². The van der Waals surface area contributed by atoms with Crippen LogP contribution in [0.5, 0.6) is 0 Å². The molecular weight excluding hydrogens is 669 g/mol. The third kappa shape index (κ3) is 5.13. The van der Waals surface area contributed by atoms with Gasteiger partial charge in [-0.05, 0) is 94.4 Å². The summed E-state index contributed by atoms with van der Waals surface area (Å²) in [7, 11) is 0. The van der Waals surface area contributed by atoms with Gasteiger partial charge in [-0.25, -0.2) is 0 Å². The fraction of sp³-hybridized carbons (Fsp3) is 0. The Kier molecular flexibility index (Phi) is 7.17. The van der Waals surface area contributed by atoms with E-state index < -0.39 is 0 Å². The first kappa shape index (κ1) is 31.2. The minimum atomic E-state index is 0.889. The molecule has 0 fully saturated rings. The predicted molar refractivity (Wildman–Crippen MR) is 231 cm³/mol. The molecule has 3 nitrogen and oxygen atoms in total. The molecule has 0 radical (unpaired) electrons. The van der Waals surface area contributed by atoms with Crippen LogP contribution in [-0.2, 0) is 0 Å². The Morgan fingerprint density at radius 1 is 0.345 bits per heavy atom. The first-order valence-corrected chi connectivity index (χ1v) is 18.8. The van der Waals surface area contributed by atoms with Crippen molar-refractivity contribution in [3.05, 3.63) is 206 Å². The molecule has 9 aromatic carbocycles. The van der Waals surface area contributed by atoms with Crippen LogP contribution in [0.1, 0.15) is 0 Å². The van der Waals surface area contributed by atoms with Gasteiger partial charge in [-0.3, -0.25) is 0 Å². The number of benzene rings is 9. The number of aromatic nitrogens is 1. The van der Waals surface area contributed by atoms with Gasteiger partial charge in [-0.1, -0.05) is 140 Å². The lowest BCUT2D eigenvalue weighted by atomic mass is 9.99. The summed E-state index contributed by atoms with van der Waals surface area (Å²) in [6.07, 6.45) is 0. The van der Waals surface area contributed by atoms with Crippen molar-refractivity contribution in [2.45, 2.75) is 0 Å². The summed E-state index contributed by atoms with van der Waals surface area (Å²) < 4.78 is 8.75. The largest absolute Gasteiger partial charge is 0.456 e. The van der Waals surface area contributed by atoms with Crippen LogP contribution in [-0.4, -0.2) is 4.57 Å². The van der Waals surface area contributed by atoms with Crippen LogP contribution >= 0.6 is 0 Å². The Bertz CT molecular complexity index is 3120. The van der Waals surface area contributed by atoms with Crippen molar-refractivity contribution in [2.75, 3.05) is 4.90 Å². The van der Waals surface area contributed by atoms with E-state index in [9.17, 15) is 0 Å². The van der Waals surface area contributed by atoms with Crippen molar-refractivity contribution >= 4 is 71.6 Å². The van der Waals surface area contributed by atoms with E-state index in [0.29, 0.717) is 0 Å². The second-order valence-corrected chi connectivity index (χ2v) is 14.1. The fourth-order valence-electron chi connectivity index (χ4n) is 8.43. The number of nitrogens with zero attached hydrogens (tertiary/aromatic N) is 2. The van der Waals surface area contributed by atoms with E-state index in [1.54, 1.807) is 0 Å². The summed E-state index contributed by atoms with van der Waals surface area (Å²) in [6.45, 7) is 0. The van der Waals surface area contributed by atoms with E-state index in [-0.39, 0.29) is 0 Å². The molecule has 0 bridgehead atoms. The maximum atomic E-state index is 6.39. The third-order valence-electron chi connectivity index (χ3n) is 11.0. The van der Waals surface area contributed by atoms with Crippen LogP contribution < -0.4 is 4.90 Å². The fourth-order valence-corrected chi connectivity index (χ4v) is 8.43. The molecule has 0 atom stereocenters. The second-order valence-electron chi connectivity index (χ2n) is 14.1. The SMILES string of the molecule is c1ccc(-c2ccc(N(c3ccc(-c4ccc(-n5c6ccccc6c6ccccc65)cc4)cc3)c3cccc4ccc5oc6ccccc6c5c34)cc2)cc1. The maximum Gasteiger partial charge on any atom is 0.136 e. The van der Waals surface area contributed by atoms with Crippen LogP contribution in [0.2, 0.25) is 0 Å². The van der Waals surface area contributed by atoms with Gasteiger partial charge >= 0.3 is 0 Å². The summed E-state index contributed by atoms with van der Waals surface area (Å²) >= 11 is 0. The number of rotatable bonds is 6. The lowest BCUT2D eigenvalue weighted by Crippen LogP contribution is -2.10. The zero-order chi connectivity index (χ0) is 36.3. The molecular formula is C52H34N2O. The summed E-state index contributed by atoms with van der Waals surface area (Å²) in [5, 5.41) is 7.13. The van der Waals surface area contributed by atoms with Gasteiger partial charge in [-0.15, -0.1) is 0 Å². The van der Waals surface area contributed by atoms with E-state index in [0.717, 1.165) is 50.3 Å². The molecule has 11 rings (SSSR count). The molecule has 3 heteroatoms. The highest BCUT2D eigenvalue weighted by Crippen LogP contribution is 2.45. The monoisotopic (exact) mass is 702 g/mol. The molecule has 11 aromatic rings. The van der Waals surface area contributed by atoms with Crippen LogP contribution in [0.3, 0.4) is 0 Å². The number of para-hydroxylation sites is 3. The zero-order valence-electron chi connectivity index (χ0n) is 29.9. The van der Waals surface area contributed by atoms with Gasteiger partial charge in [0.05, 0.1) is 16.7 Å². The average molecular weight is 703 g/mol. The molecule has 0 saturated carbocycles. The van der Waals surface area contributed by atoms with Gasteiger partial charge in [0.15, 0.2) is 0 Å². The van der Waals surface area contributed by atoms with E-state index in [2.05, 4.69) is 210 Å². The van der Waals surface area contributed by atoms with Crippen molar-refractivity contribution in [2.24, 2.45) is 0 Å². The van der Waals surface area contributed by atoms with Crippen molar-refractivity contribution in [1.82, 2.24) is 4.57 Å². The van der Waals surface area contributed by atoms with Gasteiger partial charge in [0, 0.05) is 44.0 Å². The third-order valence-corrected chi connectivity index (χ3v) is 11.0. The van der Waals surface area contributed by atoms with E-state index in [1.807, 2.05) is 6.07 Å². The minimum Gasteiger partial charge on any atom is -0.456 e. The van der Waals surface area contributed by atoms with Gasteiger partial charge in [-0.2, -0.15) is 0 Å². The first-order valence-electron chi connectivity index (χ1n) is 18.8. The molecule has 0 amide bonds. The van der Waals surface area contributed by atoms with Crippen molar-refractivity contribution in [3.63, 3.8) is 0 Å². The van der Waals surface area contributed by atoms with Crippen LogP contribution in [0.25, 0.3) is 82.5 Å². The summed E-state index contributed by atoms with van der Waals surface area (Å²) in [6, 6.07) is 73.9. The van der Waals surface area contributed by atoms with E-state index >= 15 is 0 Å². The Balaban J connectivity index is 1.03. The molecule has 0 unspecified atom stereocenters. The Morgan fingerprint density at radius 2 is 0.873 bits per heavy atom. The Labute approximate surface area is 318 Å². The van der Waals surface area contributed by atoms with Gasteiger partial charge in [0.25, 0.3) is 0 Å². The van der Waals surface area contributed by atoms with Crippen LogP contribution in [0.15, 0.2) is 211 Å². The quantitative estimate of drug-likeness (QED) is 0.172. The molecule has 0 N–H and O–H groups in total. The van der Waals surface area contributed by atoms with E-state index in [4.69, 9.17) is 4.42 Å². The highest BCUT2D eigenvalue weighted by molar-refractivity contribution is 6.23. The number of hydrogen-bond donors (Lipinski definition) is 0. The molecule has 0 aliphatic heterocycles. The highest BCUT2D eigenvalue weighted by atomic mass is 16.3. The minimum absolute atomic E-state index is 0.889. The first-order chi connectivity index (χ1) is 27.3. The molecule has 2 heterocycles. The Morgan fingerprint density at radius 3 is 1.51 bits per heavy atom. The lowest BCUT2D eigenvalue weighted by Gasteiger charge is -2.27. The summed E-state index contributed by atoms with van der Waals surface area (Å²) in [4.78, 5) is 2.38. The molecule has 55 heavy (non-hydrogen) atoms. The van der Waals surface area contributed by atoms with Crippen LogP contribution in [0.4, 0.5) is 17.1 Å². The van der Waals surface area contributed by atoms with Crippen LogP contribution in [0, 0.1) is 0 Å². The molecule has 258 valence electrons. The summed E-state index contributed by atoms with van der Waals surface area (Å²) in [5.74, 6) is 0. The van der Waals surface area contributed by atoms with Crippen molar-refractivity contribution in [3.8, 4) is 27.9 Å². The summed E-state index contributed by atoms with van der Waals surface area (Å²) in [5.41, 5.74) is 13.4. The van der Waals surface area contributed by atoms with E-state index in [1.165, 1.54) is 49.3 Å². The lowest BCUT2D eigenvalue weighted by molar-refractivity contribution is 0.669. The topological polar surface area (TPSA) is 21.3 Å².